The number of phenolic OH excluding ortho intramolecular Hbond substituents is 1. The summed E-state index contributed by atoms with van der Waals surface area (Å²) in [5.41, 5.74) is 17.2. The summed E-state index contributed by atoms with van der Waals surface area (Å²) in [6, 6.07) is 1.17. The number of nitrogens with two attached hydrogens (primary N) is 3. The van der Waals surface area contributed by atoms with E-state index in [2.05, 4.69) is 20.9 Å². The Morgan fingerprint density at radius 1 is 0.923 bits per heavy atom. The fourth-order valence-corrected chi connectivity index (χ4v) is 3.62. The Balaban J connectivity index is 3.09. The lowest BCUT2D eigenvalue weighted by atomic mass is 10.00. The van der Waals surface area contributed by atoms with E-state index < -0.39 is 54.0 Å². The number of nitrogens with one attached hydrogen (secondary N) is 3. The van der Waals surface area contributed by atoms with Crippen LogP contribution in [0.15, 0.2) is 29.3 Å². The van der Waals surface area contributed by atoms with Crippen molar-refractivity contribution >= 4 is 29.7 Å². The monoisotopic (exact) mass is 551 g/mol. The molecule has 5 atom stereocenters. The number of guanidine groups is 1. The van der Waals surface area contributed by atoms with Crippen LogP contribution in [0.4, 0.5) is 0 Å². The zero-order valence-electron chi connectivity index (χ0n) is 22.5. The number of aliphatic hydroxyl groups excluding tert-OH is 1. The van der Waals surface area contributed by atoms with Crippen molar-refractivity contribution < 1.29 is 34.5 Å². The number of hydrogen-bond acceptors (Lipinski definition) is 8. The second-order valence-electron chi connectivity index (χ2n) is 9.74. The molecule has 0 saturated heterocycles. The molecule has 0 aromatic heterocycles. The quantitative estimate of drug-likeness (QED) is 0.0638. The van der Waals surface area contributed by atoms with Gasteiger partial charge >= 0.3 is 5.97 Å². The third kappa shape index (κ3) is 12.5. The van der Waals surface area contributed by atoms with E-state index in [1.54, 1.807) is 12.1 Å². The number of carboxylic acid groups (broad SMARTS) is 1. The van der Waals surface area contributed by atoms with Gasteiger partial charge < -0.3 is 48.5 Å². The highest BCUT2D eigenvalue weighted by atomic mass is 16.4. The molecule has 14 heteroatoms. The van der Waals surface area contributed by atoms with Crippen LogP contribution < -0.4 is 33.2 Å². The van der Waals surface area contributed by atoms with Crippen LogP contribution in [0.2, 0.25) is 0 Å². The normalized spacial score (nSPS) is 14.8. The zero-order valence-corrected chi connectivity index (χ0v) is 22.5. The number of aliphatic hydroxyl groups is 1. The summed E-state index contributed by atoms with van der Waals surface area (Å²) in [6.45, 7) is 5.12. The van der Waals surface area contributed by atoms with E-state index in [-0.39, 0.29) is 43.4 Å². The van der Waals surface area contributed by atoms with Crippen molar-refractivity contribution in [1.82, 2.24) is 16.0 Å². The van der Waals surface area contributed by atoms with Gasteiger partial charge in [0.2, 0.25) is 17.7 Å². The Morgan fingerprint density at radius 3 is 2.00 bits per heavy atom. The molecule has 218 valence electrons. The largest absolute Gasteiger partial charge is 0.508 e. The molecule has 1 aromatic carbocycles. The van der Waals surface area contributed by atoms with Crippen LogP contribution in [-0.2, 0) is 25.6 Å². The first-order valence-electron chi connectivity index (χ1n) is 12.6. The van der Waals surface area contributed by atoms with Crippen molar-refractivity contribution in [2.24, 2.45) is 28.1 Å². The summed E-state index contributed by atoms with van der Waals surface area (Å²) in [4.78, 5) is 54.3. The molecule has 0 aliphatic rings. The molecule has 3 amide bonds. The molecule has 0 aliphatic heterocycles. The SMILES string of the molecule is CC(C)CC(NC(=O)C(Cc1ccc(O)cc1)NC(=O)C(N)CCCN=C(N)N)C(=O)NC(C(=O)O)C(C)O. The van der Waals surface area contributed by atoms with Gasteiger partial charge in [0.25, 0.3) is 0 Å². The predicted molar refractivity (Wildman–Crippen MR) is 144 cm³/mol. The van der Waals surface area contributed by atoms with Crippen LogP contribution in [0.1, 0.15) is 45.6 Å². The minimum atomic E-state index is -1.58. The molecule has 0 heterocycles. The van der Waals surface area contributed by atoms with Crippen molar-refractivity contribution in [3.05, 3.63) is 29.8 Å². The molecule has 0 spiro atoms. The highest BCUT2D eigenvalue weighted by Gasteiger charge is 2.32. The molecule has 1 aromatic rings. The number of carbonyl (C=O) groups excluding carboxylic acids is 3. The first-order chi connectivity index (χ1) is 18.2. The second-order valence-corrected chi connectivity index (χ2v) is 9.74. The Kier molecular flexibility index (Phi) is 13.7. The number of aromatic hydroxyl groups is 1. The Morgan fingerprint density at radius 2 is 1.49 bits per heavy atom. The van der Waals surface area contributed by atoms with E-state index in [9.17, 15) is 34.5 Å². The van der Waals surface area contributed by atoms with E-state index in [0.717, 1.165) is 0 Å². The maximum Gasteiger partial charge on any atom is 0.328 e. The highest BCUT2D eigenvalue weighted by molar-refractivity contribution is 5.94. The van der Waals surface area contributed by atoms with Crippen molar-refractivity contribution in [3.63, 3.8) is 0 Å². The fraction of sp³-hybridized carbons (Fsp3) is 0.560. The lowest BCUT2D eigenvalue weighted by Crippen LogP contribution is -2.58. The van der Waals surface area contributed by atoms with Gasteiger partial charge in [-0.1, -0.05) is 26.0 Å². The van der Waals surface area contributed by atoms with E-state index in [0.29, 0.717) is 12.0 Å². The molecular formula is C25H41N7O7. The van der Waals surface area contributed by atoms with Crippen molar-refractivity contribution in [3.8, 4) is 5.75 Å². The summed E-state index contributed by atoms with van der Waals surface area (Å²) in [6.07, 6.45) is -0.540. The third-order valence-electron chi connectivity index (χ3n) is 5.70. The number of hydrogen-bond donors (Lipinski definition) is 9. The first kappa shape index (κ1) is 33.1. The van der Waals surface area contributed by atoms with Crippen LogP contribution in [0.5, 0.6) is 5.75 Å². The number of carboxylic acids is 1. The summed E-state index contributed by atoms with van der Waals surface area (Å²) < 4.78 is 0. The topological polar surface area (TPSA) is 255 Å². The standard InChI is InChI=1S/C25H41N7O7/c1-13(2)11-18(23(37)32-20(14(3)33)24(38)39)31-22(36)19(12-15-6-8-16(34)9-7-15)30-21(35)17(26)5-4-10-29-25(27)28/h6-9,13-14,17-20,33-34H,4-5,10-12,26H2,1-3H3,(H,30,35)(H,31,36)(H,32,37)(H,38,39)(H4,27,28,29). The van der Waals surface area contributed by atoms with Crippen molar-refractivity contribution in [1.29, 1.82) is 0 Å². The molecule has 1 rings (SSSR count). The minimum absolute atomic E-state index is 0.0139. The average Bonchev–Trinajstić information content (AvgIpc) is 2.84. The van der Waals surface area contributed by atoms with Gasteiger partial charge in [-0.15, -0.1) is 0 Å². The first-order valence-corrected chi connectivity index (χ1v) is 12.6. The highest BCUT2D eigenvalue weighted by Crippen LogP contribution is 2.13. The van der Waals surface area contributed by atoms with Gasteiger partial charge in [0.05, 0.1) is 12.1 Å². The summed E-state index contributed by atoms with van der Waals surface area (Å²) in [5.74, 6) is -3.67. The van der Waals surface area contributed by atoms with Gasteiger partial charge in [-0.05, 0) is 49.8 Å². The van der Waals surface area contributed by atoms with Crippen molar-refractivity contribution in [2.75, 3.05) is 6.54 Å². The lowest BCUT2D eigenvalue weighted by molar-refractivity contribution is -0.145. The summed E-state index contributed by atoms with van der Waals surface area (Å²) >= 11 is 0. The van der Waals surface area contributed by atoms with Gasteiger partial charge in [-0.3, -0.25) is 19.4 Å². The molecule has 0 saturated carbocycles. The summed E-state index contributed by atoms with van der Waals surface area (Å²) in [7, 11) is 0. The smallest absolute Gasteiger partial charge is 0.328 e. The van der Waals surface area contributed by atoms with E-state index in [1.165, 1.54) is 19.1 Å². The van der Waals surface area contributed by atoms with E-state index >= 15 is 0 Å². The van der Waals surface area contributed by atoms with Crippen LogP contribution in [0, 0.1) is 5.92 Å². The fourth-order valence-electron chi connectivity index (χ4n) is 3.62. The van der Waals surface area contributed by atoms with E-state index in [4.69, 9.17) is 17.2 Å². The number of rotatable bonds is 16. The van der Waals surface area contributed by atoms with Gasteiger partial charge in [0.1, 0.15) is 17.8 Å². The molecule has 0 aliphatic carbocycles. The maximum absolute atomic E-state index is 13.4. The molecule has 5 unspecified atom stereocenters. The molecule has 39 heavy (non-hydrogen) atoms. The van der Waals surface area contributed by atoms with Gasteiger partial charge in [0, 0.05) is 13.0 Å². The van der Waals surface area contributed by atoms with E-state index in [1.807, 2.05) is 13.8 Å². The lowest BCUT2D eigenvalue weighted by Gasteiger charge is -2.26. The number of benzene rings is 1. The number of aliphatic imine (C=N–C) groups is 1. The van der Waals surface area contributed by atoms with Crippen molar-refractivity contribution in [2.45, 2.75) is 76.7 Å². The van der Waals surface area contributed by atoms with Gasteiger partial charge in [0.15, 0.2) is 12.0 Å². The Labute approximate surface area is 227 Å². The zero-order chi connectivity index (χ0) is 29.7. The van der Waals surface area contributed by atoms with Gasteiger partial charge in [-0.25, -0.2) is 4.79 Å². The number of phenols is 1. The van der Waals surface area contributed by atoms with Crippen LogP contribution in [0.3, 0.4) is 0 Å². The van der Waals surface area contributed by atoms with Crippen LogP contribution in [0.25, 0.3) is 0 Å². The van der Waals surface area contributed by atoms with Crippen LogP contribution in [-0.4, -0.2) is 81.8 Å². The second kappa shape index (κ2) is 16.1. The molecular weight excluding hydrogens is 510 g/mol. The van der Waals surface area contributed by atoms with Crippen LogP contribution >= 0.6 is 0 Å². The average molecular weight is 552 g/mol. The molecule has 0 radical (unpaired) electrons. The maximum atomic E-state index is 13.4. The number of carbonyl (C=O) groups is 4. The Hall–Kier alpha value is -3.91. The third-order valence-corrected chi connectivity index (χ3v) is 5.70. The molecule has 12 N–H and O–H groups in total. The predicted octanol–water partition coefficient (Wildman–Crippen LogP) is -1.72. The molecule has 14 nitrogen and oxygen atoms in total. The van der Waals surface area contributed by atoms with Gasteiger partial charge in [-0.2, -0.15) is 0 Å². The molecule has 0 fully saturated rings. The summed E-state index contributed by atoms with van der Waals surface area (Å²) in [5, 5.41) is 36.1. The minimum Gasteiger partial charge on any atom is -0.508 e. The Bertz CT molecular complexity index is 995. The number of amides is 3. The number of aliphatic carboxylic acids is 1. The number of nitrogens with zero attached hydrogens (tertiary/aromatic N) is 1. The molecule has 0 bridgehead atoms.